The zero-order chi connectivity index (χ0) is 19.6. The number of carbonyl (C=O) groups excluding carboxylic acids is 2. The lowest BCUT2D eigenvalue weighted by Gasteiger charge is -2.27. The van der Waals surface area contributed by atoms with Crippen LogP contribution in [0.5, 0.6) is 0 Å². The van der Waals surface area contributed by atoms with E-state index in [0.29, 0.717) is 11.3 Å². The van der Waals surface area contributed by atoms with E-state index in [4.69, 9.17) is 16.6 Å². The van der Waals surface area contributed by atoms with E-state index in [1.165, 1.54) is 29.2 Å². The third-order valence-electron chi connectivity index (χ3n) is 3.77. The summed E-state index contributed by atoms with van der Waals surface area (Å²) in [6.07, 6.45) is 2.82. The molecule has 1 aromatic heterocycles. The minimum absolute atomic E-state index is 0.0214. The molecule has 0 saturated carbocycles. The molecule has 8 nitrogen and oxygen atoms in total. The summed E-state index contributed by atoms with van der Waals surface area (Å²) in [7, 11) is 0. The summed E-state index contributed by atoms with van der Waals surface area (Å²) >= 11 is 4.99. The number of furan rings is 1. The Morgan fingerprint density at radius 1 is 1.22 bits per heavy atom. The summed E-state index contributed by atoms with van der Waals surface area (Å²) in [6.45, 7) is 3.73. The molecule has 1 aliphatic heterocycles. The van der Waals surface area contributed by atoms with E-state index in [1.807, 2.05) is 0 Å². The van der Waals surface area contributed by atoms with Gasteiger partial charge < -0.3 is 4.42 Å². The van der Waals surface area contributed by atoms with Crippen LogP contribution in [0, 0.1) is 10.1 Å². The zero-order valence-electron chi connectivity index (χ0n) is 13.9. The molecule has 136 valence electrons. The number of nitro benzene ring substituents is 1. The molecule has 0 spiro atoms. The second kappa shape index (κ2) is 7.34. The number of amides is 2. The van der Waals surface area contributed by atoms with Gasteiger partial charge in [0.25, 0.3) is 17.5 Å². The van der Waals surface area contributed by atoms with Crippen LogP contribution in [0.25, 0.3) is 17.4 Å². The van der Waals surface area contributed by atoms with E-state index in [9.17, 15) is 19.7 Å². The fourth-order valence-electron chi connectivity index (χ4n) is 2.46. The Labute approximate surface area is 158 Å². The highest BCUT2D eigenvalue weighted by atomic mass is 32.1. The van der Waals surface area contributed by atoms with Crippen LogP contribution in [-0.4, -0.2) is 33.3 Å². The fourth-order valence-corrected chi connectivity index (χ4v) is 2.71. The van der Waals surface area contributed by atoms with Crippen molar-refractivity contribution in [3.8, 4) is 11.3 Å². The van der Waals surface area contributed by atoms with Crippen molar-refractivity contribution in [2.75, 3.05) is 6.54 Å². The highest BCUT2D eigenvalue weighted by Gasteiger charge is 2.32. The average molecular weight is 383 g/mol. The molecule has 27 heavy (non-hydrogen) atoms. The summed E-state index contributed by atoms with van der Waals surface area (Å²) in [4.78, 5) is 36.0. The molecular weight excluding hydrogens is 370 g/mol. The van der Waals surface area contributed by atoms with Gasteiger partial charge >= 0.3 is 0 Å². The van der Waals surface area contributed by atoms with E-state index in [2.05, 4.69) is 11.9 Å². The van der Waals surface area contributed by atoms with Gasteiger partial charge in [0.2, 0.25) is 0 Å². The Bertz CT molecular complexity index is 991. The van der Waals surface area contributed by atoms with Crippen LogP contribution in [0.3, 0.4) is 0 Å². The molecule has 0 unspecified atom stereocenters. The molecule has 1 fully saturated rings. The molecule has 2 amide bonds. The average Bonchev–Trinajstić information content (AvgIpc) is 3.11. The number of thiocarbonyl (C=S) groups is 1. The largest absolute Gasteiger partial charge is 0.457 e. The molecule has 2 aromatic rings. The van der Waals surface area contributed by atoms with Gasteiger partial charge in [-0.05, 0) is 42.6 Å². The highest BCUT2D eigenvalue weighted by molar-refractivity contribution is 7.80. The predicted molar refractivity (Wildman–Crippen MR) is 101 cm³/mol. The van der Waals surface area contributed by atoms with E-state index in [1.54, 1.807) is 24.3 Å². The summed E-state index contributed by atoms with van der Waals surface area (Å²) in [5.41, 5.74) is 0.476. The van der Waals surface area contributed by atoms with Crippen molar-refractivity contribution in [1.82, 2.24) is 10.2 Å². The van der Waals surface area contributed by atoms with Gasteiger partial charge in [-0.3, -0.25) is 29.9 Å². The molecule has 0 atom stereocenters. The first kappa shape index (κ1) is 18.2. The molecule has 1 aromatic carbocycles. The van der Waals surface area contributed by atoms with Crippen LogP contribution in [0.4, 0.5) is 5.69 Å². The van der Waals surface area contributed by atoms with Crippen molar-refractivity contribution in [3.05, 3.63) is 70.5 Å². The van der Waals surface area contributed by atoms with Gasteiger partial charge in [0.05, 0.1) is 4.92 Å². The number of carbonyl (C=O) groups is 2. The molecule has 1 N–H and O–H groups in total. The van der Waals surface area contributed by atoms with Gasteiger partial charge in [0.1, 0.15) is 17.1 Å². The van der Waals surface area contributed by atoms with Crippen molar-refractivity contribution in [3.63, 3.8) is 0 Å². The lowest BCUT2D eigenvalue weighted by Crippen LogP contribution is -2.53. The van der Waals surface area contributed by atoms with E-state index in [-0.39, 0.29) is 28.7 Å². The van der Waals surface area contributed by atoms with Crippen molar-refractivity contribution < 1.29 is 18.9 Å². The smallest absolute Gasteiger partial charge is 0.269 e. The van der Waals surface area contributed by atoms with E-state index < -0.39 is 16.7 Å². The first-order valence-electron chi connectivity index (χ1n) is 7.75. The van der Waals surface area contributed by atoms with Crippen LogP contribution in [0.1, 0.15) is 5.76 Å². The fraction of sp³-hybridized carbons (Fsp3) is 0.0556. The Hall–Kier alpha value is -3.59. The second-order valence-electron chi connectivity index (χ2n) is 5.53. The normalized spacial score (nSPS) is 15.8. The Kier molecular flexibility index (Phi) is 4.95. The summed E-state index contributed by atoms with van der Waals surface area (Å²) in [5, 5.41) is 13.2. The minimum atomic E-state index is -0.612. The standard InChI is InChI=1S/C18H13N3O5S/c1-2-9-20-17(23)14(16(22)19-18(20)27)10-13-7-8-15(26-13)11-3-5-12(6-4-11)21(24)25/h2-8,10H,1,9H2,(H,19,22,27)/b14-10-. The van der Waals surface area contributed by atoms with Gasteiger partial charge in [-0.2, -0.15) is 0 Å². The molecule has 1 aliphatic rings. The zero-order valence-corrected chi connectivity index (χ0v) is 14.7. The number of hydrogen-bond acceptors (Lipinski definition) is 6. The Morgan fingerprint density at radius 2 is 1.93 bits per heavy atom. The molecule has 1 saturated heterocycles. The molecule has 0 bridgehead atoms. The molecule has 9 heteroatoms. The maximum atomic E-state index is 12.5. The number of non-ortho nitro benzene ring substituents is 1. The minimum Gasteiger partial charge on any atom is -0.457 e. The molecule has 2 heterocycles. The van der Waals surface area contributed by atoms with Gasteiger partial charge in [-0.15, -0.1) is 6.58 Å². The lowest BCUT2D eigenvalue weighted by atomic mass is 10.1. The van der Waals surface area contributed by atoms with E-state index >= 15 is 0 Å². The Balaban J connectivity index is 1.88. The van der Waals surface area contributed by atoms with Gasteiger partial charge in [-0.25, -0.2) is 0 Å². The van der Waals surface area contributed by atoms with Gasteiger partial charge in [0.15, 0.2) is 5.11 Å². The number of hydrogen-bond donors (Lipinski definition) is 1. The molecule has 0 radical (unpaired) electrons. The van der Waals surface area contributed by atoms with Gasteiger partial charge in [0, 0.05) is 24.2 Å². The number of nitro groups is 1. The lowest BCUT2D eigenvalue weighted by molar-refractivity contribution is -0.384. The monoisotopic (exact) mass is 383 g/mol. The van der Waals surface area contributed by atoms with Crippen LogP contribution in [0.2, 0.25) is 0 Å². The topological polar surface area (TPSA) is 106 Å². The number of nitrogens with zero attached hydrogens (tertiary/aromatic N) is 2. The first-order valence-corrected chi connectivity index (χ1v) is 8.16. The van der Waals surface area contributed by atoms with E-state index in [0.717, 1.165) is 0 Å². The summed E-state index contributed by atoms with van der Waals surface area (Å²) in [5.74, 6) is -0.428. The number of benzene rings is 1. The molecule has 0 aliphatic carbocycles. The maximum Gasteiger partial charge on any atom is 0.269 e. The van der Waals surface area contributed by atoms with Crippen LogP contribution in [0.15, 0.2) is 59.0 Å². The maximum absolute atomic E-state index is 12.5. The van der Waals surface area contributed by atoms with Crippen molar-refractivity contribution in [1.29, 1.82) is 0 Å². The number of nitrogens with one attached hydrogen (secondary N) is 1. The highest BCUT2D eigenvalue weighted by Crippen LogP contribution is 2.26. The predicted octanol–water partition coefficient (Wildman–Crippen LogP) is 2.67. The second-order valence-corrected chi connectivity index (χ2v) is 5.91. The van der Waals surface area contributed by atoms with Crippen LogP contribution in [-0.2, 0) is 9.59 Å². The van der Waals surface area contributed by atoms with Crippen molar-refractivity contribution in [2.24, 2.45) is 0 Å². The molecular formula is C18H13N3O5S. The number of rotatable bonds is 5. The van der Waals surface area contributed by atoms with Gasteiger partial charge in [-0.1, -0.05) is 6.08 Å². The quantitative estimate of drug-likeness (QED) is 0.212. The first-order chi connectivity index (χ1) is 12.9. The third-order valence-corrected chi connectivity index (χ3v) is 4.10. The third kappa shape index (κ3) is 3.67. The summed E-state index contributed by atoms with van der Waals surface area (Å²) in [6, 6.07) is 9.07. The summed E-state index contributed by atoms with van der Waals surface area (Å²) < 4.78 is 5.64. The van der Waals surface area contributed by atoms with Crippen LogP contribution < -0.4 is 5.32 Å². The van der Waals surface area contributed by atoms with Crippen molar-refractivity contribution >= 4 is 40.9 Å². The van der Waals surface area contributed by atoms with Crippen LogP contribution >= 0.6 is 12.2 Å². The Morgan fingerprint density at radius 3 is 2.56 bits per heavy atom. The molecule has 3 rings (SSSR count). The SMILES string of the molecule is C=CCN1C(=O)/C(=C\c2ccc(-c3ccc([N+](=O)[O-])cc3)o2)C(=O)NC1=S. The van der Waals surface area contributed by atoms with Crippen molar-refractivity contribution in [2.45, 2.75) is 0 Å².